The number of ketones is 1. The summed E-state index contributed by atoms with van der Waals surface area (Å²) in [7, 11) is 0. The molecule has 0 fully saturated rings. The molecule has 3 aromatic rings. The van der Waals surface area contributed by atoms with Crippen LogP contribution in [-0.4, -0.2) is 64.3 Å². The van der Waals surface area contributed by atoms with E-state index in [4.69, 9.17) is 4.74 Å². The minimum absolute atomic E-state index is 0.00864. The van der Waals surface area contributed by atoms with E-state index in [1.54, 1.807) is 9.58 Å². The lowest BCUT2D eigenvalue weighted by atomic mass is 9.95. The van der Waals surface area contributed by atoms with Crippen LogP contribution in [0.2, 0.25) is 0 Å². The number of anilines is 1. The maximum atomic E-state index is 13.7. The Kier molecular flexibility index (Phi) is 12.0. The summed E-state index contributed by atoms with van der Waals surface area (Å²) in [4.78, 5) is 52.6. The molecule has 1 aliphatic rings. The van der Waals surface area contributed by atoms with Crippen LogP contribution in [0.5, 0.6) is 0 Å². The molecule has 2 N–H and O–H groups in total. The second-order valence-corrected chi connectivity index (χ2v) is 12.0. The van der Waals surface area contributed by atoms with Gasteiger partial charge >= 0.3 is 0 Å². The summed E-state index contributed by atoms with van der Waals surface area (Å²) in [5, 5.41) is 14.5. The summed E-state index contributed by atoms with van der Waals surface area (Å²) >= 11 is 0. The van der Waals surface area contributed by atoms with E-state index in [0.717, 1.165) is 23.1 Å². The van der Waals surface area contributed by atoms with Gasteiger partial charge in [-0.1, -0.05) is 61.5 Å². The van der Waals surface area contributed by atoms with Gasteiger partial charge in [-0.15, -0.1) is 5.10 Å². The Balaban J connectivity index is 1.42. The van der Waals surface area contributed by atoms with E-state index >= 15 is 0 Å². The first-order chi connectivity index (χ1) is 21.6. The van der Waals surface area contributed by atoms with Crippen molar-refractivity contribution in [2.75, 3.05) is 24.7 Å². The molecule has 240 valence electrons. The molecule has 0 radical (unpaired) electrons. The van der Waals surface area contributed by atoms with Gasteiger partial charge in [-0.05, 0) is 37.8 Å². The zero-order valence-electron chi connectivity index (χ0n) is 26.7. The lowest BCUT2D eigenvalue weighted by molar-refractivity contribution is -0.125. The highest BCUT2D eigenvalue weighted by Gasteiger charge is 2.29. The summed E-state index contributed by atoms with van der Waals surface area (Å²) in [5.41, 5.74) is 4.38. The van der Waals surface area contributed by atoms with Crippen molar-refractivity contribution in [3.8, 4) is 22.5 Å². The number of nitrogens with one attached hydrogen (secondary N) is 2. The molecule has 1 aromatic heterocycles. The summed E-state index contributed by atoms with van der Waals surface area (Å²) in [6, 6.07) is 15.2. The van der Waals surface area contributed by atoms with Crippen molar-refractivity contribution in [3.63, 3.8) is 0 Å². The van der Waals surface area contributed by atoms with Crippen molar-refractivity contribution >= 4 is 29.2 Å². The first-order valence-corrected chi connectivity index (χ1v) is 15.7. The van der Waals surface area contributed by atoms with Gasteiger partial charge in [0.25, 0.3) is 0 Å². The monoisotopic (exact) mass is 616 g/mol. The molecule has 0 bridgehead atoms. The number of nitrogens with zero attached hydrogens (tertiary/aromatic N) is 4. The second kappa shape index (κ2) is 16.1. The van der Waals surface area contributed by atoms with Crippen molar-refractivity contribution in [1.29, 1.82) is 0 Å². The molecule has 0 aliphatic carbocycles. The van der Waals surface area contributed by atoms with Gasteiger partial charge in [-0.2, -0.15) is 0 Å². The fraction of sp³-hybridized carbons (Fsp3) is 0.471. The molecule has 11 heteroatoms. The molecule has 3 amide bonds. The molecule has 0 unspecified atom stereocenters. The molecule has 2 heterocycles. The number of amides is 3. The maximum Gasteiger partial charge on any atom is 0.242 e. The largest absolute Gasteiger partial charge is 0.379 e. The number of aromatic nitrogens is 3. The highest BCUT2D eigenvalue weighted by Crippen LogP contribution is 2.41. The van der Waals surface area contributed by atoms with Crippen LogP contribution in [0.3, 0.4) is 0 Å². The Hall–Kier alpha value is -4.38. The third-order valence-corrected chi connectivity index (χ3v) is 7.49. The summed E-state index contributed by atoms with van der Waals surface area (Å²) in [6.45, 7) is 9.17. The zero-order valence-corrected chi connectivity index (χ0v) is 26.7. The number of hydrogen-bond donors (Lipinski definition) is 2. The molecule has 0 saturated heterocycles. The number of rotatable bonds is 15. The molecule has 0 saturated carbocycles. The summed E-state index contributed by atoms with van der Waals surface area (Å²) < 4.78 is 7.08. The van der Waals surface area contributed by atoms with Crippen LogP contribution in [0.1, 0.15) is 65.4 Å². The minimum Gasteiger partial charge on any atom is -0.379 e. The van der Waals surface area contributed by atoms with Crippen molar-refractivity contribution in [2.45, 2.75) is 78.9 Å². The summed E-state index contributed by atoms with van der Waals surface area (Å²) in [5.74, 6) is 0.0403. The summed E-state index contributed by atoms with van der Waals surface area (Å²) in [6.07, 6.45) is 1.85. The number of para-hydroxylation sites is 1. The third-order valence-electron chi connectivity index (χ3n) is 7.49. The third kappa shape index (κ3) is 9.31. The predicted molar refractivity (Wildman–Crippen MR) is 172 cm³/mol. The molecular weight excluding hydrogens is 572 g/mol. The van der Waals surface area contributed by atoms with Crippen molar-refractivity contribution < 1.29 is 23.9 Å². The van der Waals surface area contributed by atoms with Gasteiger partial charge in [0, 0.05) is 49.4 Å². The molecule has 0 atom stereocenters. The number of carbonyl (C=O) groups is 4. The Labute approximate surface area is 264 Å². The van der Waals surface area contributed by atoms with E-state index in [2.05, 4.69) is 34.8 Å². The SMILES string of the molecule is CC(C)CCC(=O)CCOCCNC(=O)CCC(=O)N1Cc2ccccc2-c2nnn(CC(=O)NC(C)C)c2-c2ccccc21. The minimum atomic E-state index is -0.249. The van der Waals surface area contributed by atoms with Crippen LogP contribution < -0.4 is 15.5 Å². The molecular formula is C34H44N6O5. The zero-order chi connectivity index (χ0) is 32.3. The fourth-order valence-electron chi connectivity index (χ4n) is 5.22. The van der Waals surface area contributed by atoms with Gasteiger partial charge in [0.05, 0.1) is 31.1 Å². The van der Waals surface area contributed by atoms with Gasteiger partial charge in [0.2, 0.25) is 17.7 Å². The predicted octanol–water partition coefficient (Wildman–Crippen LogP) is 4.29. The van der Waals surface area contributed by atoms with E-state index in [9.17, 15) is 19.2 Å². The van der Waals surface area contributed by atoms with E-state index in [1.807, 2.05) is 62.4 Å². The van der Waals surface area contributed by atoms with E-state index < -0.39 is 0 Å². The van der Waals surface area contributed by atoms with Crippen LogP contribution in [0, 0.1) is 5.92 Å². The van der Waals surface area contributed by atoms with Gasteiger partial charge in [0.15, 0.2) is 0 Å². The van der Waals surface area contributed by atoms with Crippen LogP contribution in [0.15, 0.2) is 48.5 Å². The number of benzene rings is 2. The standard InChI is InChI=1S/C34H44N6O5/c1-23(2)13-14-26(41)17-19-45-20-18-35-30(42)15-16-32(44)39-21-25-9-5-6-10-27(25)33-34(28-11-7-8-12-29(28)39)40(38-37-33)22-31(43)36-24(3)4/h5-12,23-24H,13-22H2,1-4H3,(H,35,42)(H,36,43). The molecule has 0 spiro atoms. The lowest BCUT2D eigenvalue weighted by Gasteiger charge is -2.28. The number of ether oxygens (including phenoxy) is 1. The van der Waals surface area contributed by atoms with Crippen LogP contribution >= 0.6 is 0 Å². The average molecular weight is 617 g/mol. The Morgan fingerprint density at radius 2 is 1.60 bits per heavy atom. The van der Waals surface area contributed by atoms with E-state index in [1.165, 1.54) is 0 Å². The number of hydrogen-bond acceptors (Lipinski definition) is 7. The Morgan fingerprint density at radius 3 is 2.36 bits per heavy atom. The Bertz CT molecular complexity index is 1500. The first kappa shape index (κ1) is 33.5. The number of fused-ring (bicyclic) bond motifs is 5. The number of Topliss-reactive ketones (excluding diaryl/α,β-unsaturated/α-hetero) is 1. The van der Waals surface area contributed by atoms with Crippen molar-refractivity contribution in [2.24, 2.45) is 5.92 Å². The molecule has 45 heavy (non-hydrogen) atoms. The molecule has 11 nitrogen and oxygen atoms in total. The van der Waals surface area contributed by atoms with Gasteiger partial charge in [-0.25, -0.2) is 4.68 Å². The smallest absolute Gasteiger partial charge is 0.242 e. The highest BCUT2D eigenvalue weighted by atomic mass is 16.5. The second-order valence-electron chi connectivity index (χ2n) is 12.0. The quantitative estimate of drug-likeness (QED) is 0.243. The average Bonchev–Trinajstić information content (AvgIpc) is 3.40. The molecule has 2 aromatic carbocycles. The van der Waals surface area contributed by atoms with E-state index in [-0.39, 0.29) is 55.5 Å². The first-order valence-electron chi connectivity index (χ1n) is 15.7. The van der Waals surface area contributed by atoms with E-state index in [0.29, 0.717) is 55.6 Å². The fourth-order valence-corrected chi connectivity index (χ4v) is 5.22. The maximum absolute atomic E-state index is 13.7. The molecule has 4 rings (SSSR count). The van der Waals surface area contributed by atoms with Crippen LogP contribution in [0.4, 0.5) is 5.69 Å². The normalized spacial score (nSPS) is 12.2. The molecule has 1 aliphatic heterocycles. The highest BCUT2D eigenvalue weighted by molar-refractivity contribution is 6.01. The van der Waals surface area contributed by atoms with Crippen LogP contribution in [0.25, 0.3) is 22.5 Å². The van der Waals surface area contributed by atoms with Gasteiger partial charge in [0.1, 0.15) is 18.0 Å². The van der Waals surface area contributed by atoms with Gasteiger partial charge < -0.3 is 20.3 Å². The number of carbonyl (C=O) groups excluding carboxylic acids is 4. The van der Waals surface area contributed by atoms with Crippen LogP contribution in [-0.2, 0) is 37.0 Å². The van der Waals surface area contributed by atoms with Gasteiger partial charge in [-0.3, -0.25) is 19.2 Å². The topological polar surface area (TPSA) is 136 Å². The van der Waals surface area contributed by atoms with Crippen molar-refractivity contribution in [1.82, 2.24) is 25.6 Å². The lowest BCUT2D eigenvalue weighted by Crippen LogP contribution is -2.34. The van der Waals surface area contributed by atoms with Crippen molar-refractivity contribution in [3.05, 3.63) is 54.1 Å². The Morgan fingerprint density at radius 1 is 0.867 bits per heavy atom.